The molecule has 65 heavy (non-hydrogen) atoms. The van der Waals surface area contributed by atoms with Crippen molar-refractivity contribution in [1.82, 2.24) is 19.9 Å². The highest BCUT2D eigenvalue weighted by molar-refractivity contribution is 5.98. The molecule has 0 fully saturated rings. The molecule has 0 aliphatic heterocycles. The Hall–Kier alpha value is -8.08. The summed E-state index contributed by atoms with van der Waals surface area (Å²) >= 11 is 0. The molecule has 0 saturated heterocycles. The van der Waals surface area contributed by atoms with Crippen LogP contribution in [0.25, 0.3) is 101 Å². The van der Waals surface area contributed by atoms with Crippen molar-refractivity contribution in [2.75, 3.05) is 0 Å². The van der Waals surface area contributed by atoms with E-state index < -0.39 is 0 Å². The fraction of sp³-hybridized carbons (Fsp3) is 0.0820. The van der Waals surface area contributed by atoms with Gasteiger partial charge in [0.05, 0.1) is 0 Å². The number of aromatic nitrogens is 4. The summed E-state index contributed by atoms with van der Waals surface area (Å²) in [6.07, 6.45) is 0. The van der Waals surface area contributed by atoms with Crippen LogP contribution in [-0.4, -0.2) is 19.9 Å². The van der Waals surface area contributed by atoms with Crippen molar-refractivity contribution in [2.45, 2.75) is 33.1 Å². The Bertz CT molecular complexity index is 3330. The first-order chi connectivity index (χ1) is 31.8. The molecule has 11 rings (SSSR count). The second-order valence-corrected chi connectivity index (χ2v) is 17.5. The summed E-state index contributed by atoms with van der Waals surface area (Å²) in [5, 5.41) is 0. The van der Waals surface area contributed by atoms with Gasteiger partial charge in [-0.05, 0) is 117 Å². The molecule has 0 spiro atoms. The number of hydrogen-bond donors (Lipinski definition) is 0. The van der Waals surface area contributed by atoms with E-state index in [-0.39, 0.29) is 5.41 Å². The monoisotopic (exact) mass is 834 g/mol. The molecule has 0 N–H and O–H groups in total. The molecule has 0 unspecified atom stereocenters. The van der Waals surface area contributed by atoms with Gasteiger partial charge in [0, 0.05) is 39.1 Å². The molecule has 10 aromatic rings. The topological polar surface area (TPSA) is 51.6 Å². The summed E-state index contributed by atoms with van der Waals surface area (Å²) in [6.45, 7) is 8.71. The van der Waals surface area contributed by atoms with E-state index in [0.29, 0.717) is 17.5 Å². The van der Waals surface area contributed by atoms with E-state index in [0.717, 1.165) is 55.9 Å². The van der Waals surface area contributed by atoms with Gasteiger partial charge in [0.1, 0.15) is 0 Å². The highest BCUT2D eigenvalue weighted by Crippen LogP contribution is 2.50. The van der Waals surface area contributed by atoms with Gasteiger partial charge in [-0.1, -0.05) is 190 Å². The lowest BCUT2D eigenvalue weighted by Crippen LogP contribution is -2.15. The second-order valence-electron chi connectivity index (χ2n) is 17.5. The first-order valence-electron chi connectivity index (χ1n) is 22.3. The van der Waals surface area contributed by atoms with Gasteiger partial charge in [-0.25, -0.2) is 15.0 Å². The number of nitrogens with zero attached hydrogens (tertiary/aromatic N) is 4. The van der Waals surface area contributed by atoms with Gasteiger partial charge < -0.3 is 0 Å². The van der Waals surface area contributed by atoms with Gasteiger partial charge in [-0.15, -0.1) is 0 Å². The van der Waals surface area contributed by atoms with E-state index in [4.69, 9.17) is 19.9 Å². The summed E-state index contributed by atoms with van der Waals surface area (Å²) in [7, 11) is 0. The number of pyridine rings is 1. The van der Waals surface area contributed by atoms with Crippen LogP contribution in [0.15, 0.2) is 206 Å². The fourth-order valence-electron chi connectivity index (χ4n) is 9.65. The predicted molar refractivity (Wildman–Crippen MR) is 268 cm³/mol. The van der Waals surface area contributed by atoms with Crippen LogP contribution in [0.2, 0.25) is 0 Å². The van der Waals surface area contributed by atoms with Crippen molar-refractivity contribution < 1.29 is 0 Å². The van der Waals surface area contributed by atoms with Crippen LogP contribution in [-0.2, 0) is 5.41 Å². The molecule has 2 aromatic heterocycles. The maximum atomic E-state index is 5.27. The van der Waals surface area contributed by atoms with Crippen molar-refractivity contribution in [2.24, 2.45) is 0 Å². The first-order valence-corrected chi connectivity index (χ1v) is 22.3. The quantitative estimate of drug-likeness (QED) is 0.153. The third-order valence-electron chi connectivity index (χ3n) is 13.0. The molecule has 0 atom stereocenters. The molecular weight excluding hydrogens is 789 g/mol. The van der Waals surface area contributed by atoms with Crippen LogP contribution in [0.3, 0.4) is 0 Å². The number of fused-ring (bicyclic) bond motifs is 3. The highest BCUT2D eigenvalue weighted by atomic mass is 15.0. The molecular formula is C61H46N4. The summed E-state index contributed by atoms with van der Waals surface area (Å²) in [6, 6.07) is 73.6. The minimum absolute atomic E-state index is 0.165. The minimum Gasteiger partial charge on any atom is -0.258 e. The third-order valence-corrected chi connectivity index (χ3v) is 13.0. The van der Waals surface area contributed by atoms with Gasteiger partial charge in [0.2, 0.25) is 0 Å². The third kappa shape index (κ3) is 7.33. The van der Waals surface area contributed by atoms with E-state index in [1.807, 2.05) is 6.92 Å². The van der Waals surface area contributed by atoms with Gasteiger partial charge in [-0.3, -0.25) is 4.98 Å². The van der Waals surface area contributed by atoms with Gasteiger partial charge in [0.15, 0.2) is 17.5 Å². The molecule has 0 amide bonds. The van der Waals surface area contributed by atoms with Gasteiger partial charge >= 0.3 is 0 Å². The summed E-state index contributed by atoms with van der Waals surface area (Å²) in [5.74, 6) is 1.87. The SMILES string of the molecule is Cc1ccc(-c2cccc(-c3nc(-c4ccc(-c5c(-c6ccccc6)cc(-c6ccccc6)cc5-c5ccccc5)cc4)nc(-c4ccc5c(c4)C(C)(C)c4ccccc4-5)n3)c2)c(C)n1. The fourth-order valence-corrected chi connectivity index (χ4v) is 9.65. The van der Waals surface area contributed by atoms with E-state index in [9.17, 15) is 0 Å². The highest BCUT2D eigenvalue weighted by Gasteiger charge is 2.35. The predicted octanol–water partition coefficient (Wildman–Crippen LogP) is 15.5. The molecule has 1 aliphatic rings. The van der Waals surface area contributed by atoms with Crippen LogP contribution in [0, 0.1) is 13.8 Å². The normalized spacial score (nSPS) is 12.4. The maximum absolute atomic E-state index is 5.27. The molecule has 2 heterocycles. The van der Waals surface area contributed by atoms with Crippen LogP contribution in [0.1, 0.15) is 36.4 Å². The van der Waals surface area contributed by atoms with Crippen LogP contribution in [0.4, 0.5) is 0 Å². The number of hydrogen-bond acceptors (Lipinski definition) is 4. The second kappa shape index (κ2) is 16.2. The number of aryl methyl sites for hydroxylation is 2. The molecule has 0 bridgehead atoms. The van der Waals surface area contributed by atoms with Crippen molar-refractivity contribution in [3.05, 3.63) is 229 Å². The zero-order valence-corrected chi connectivity index (χ0v) is 36.9. The zero-order chi connectivity index (χ0) is 44.1. The van der Waals surface area contributed by atoms with Crippen molar-refractivity contribution in [3.8, 4) is 101 Å². The van der Waals surface area contributed by atoms with Gasteiger partial charge in [-0.2, -0.15) is 0 Å². The summed E-state index contributed by atoms with van der Waals surface area (Å²) in [5.41, 5.74) is 21.2. The lowest BCUT2D eigenvalue weighted by molar-refractivity contribution is 0.660. The lowest BCUT2D eigenvalue weighted by Gasteiger charge is -2.21. The van der Waals surface area contributed by atoms with Crippen molar-refractivity contribution in [1.29, 1.82) is 0 Å². The summed E-state index contributed by atoms with van der Waals surface area (Å²) < 4.78 is 0. The Morgan fingerprint density at radius 2 is 0.769 bits per heavy atom. The molecule has 0 saturated carbocycles. The van der Waals surface area contributed by atoms with E-state index >= 15 is 0 Å². The van der Waals surface area contributed by atoms with Crippen LogP contribution < -0.4 is 0 Å². The van der Waals surface area contributed by atoms with Crippen molar-refractivity contribution >= 4 is 0 Å². The maximum Gasteiger partial charge on any atom is 0.164 e. The Morgan fingerprint density at radius 3 is 1.40 bits per heavy atom. The first kappa shape index (κ1) is 39.7. The summed E-state index contributed by atoms with van der Waals surface area (Å²) in [4.78, 5) is 20.5. The zero-order valence-electron chi connectivity index (χ0n) is 36.9. The smallest absolute Gasteiger partial charge is 0.164 e. The van der Waals surface area contributed by atoms with E-state index in [1.165, 1.54) is 50.1 Å². The van der Waals surface area contributed by atoms with Crippen LogP contribution in [0.5, 0.6) is 0 Å². The Labute approximate surface area is 381 Å². The number of benzene rings is 8. The molecule has 4 heteroatoms. The Morgan fingerprint density at radius 1 is 0.292 bits per heavy atom. The number of rotatable bonds is 8. The molecule has 310 valence electrons. The average molecular weight is 835 g/mol. The van der Waals surface area contributed by atoms with Crippen LogP contribution >= 0.6 is 0 Å². The average Bonchev–Trinajstić information content (AvgIpc) is 3.59. The standard InChI is InChI=1S/C61H46N4/c1-39-27-33-50(40(2)62-39)46-23-16-24-47(35-46)59-63-58(64-60(65-59)48-32-34-52-51-25-14-15-26-55(51)61(3,4)56(52)38-48)45-30-28-44(29-31-45)57-53(42-19-10-6-11-20-42)36-49(41-17-8-5-9-18-41)37-54(57)43-21-12-7-13-22-43/h5-38H,1-4H3. The van der Waals surface area contributed by atoms with Crippen molar-refractivity contribution in [3.63, 3.8) is 0 Å². The Kier molecular flexibility index (Phi) is 9.93. The molecule has 1 aliphatic carbocycles. The molecule has 0 radical (unpaired) electrons. The Balaban J connectivity index is 1.07. The lowest BCUT2D eigenvalue weighted by atomic mass is 9.82. The minimum atomic E-state index is -0.165. The molecule has 8 aromatic carbocycles. The van der Waals surface area contributed by atoms with Gasteiger partial charge in [0.25, 0.3) is 0 Å². The van der Waals surface area contributed by atoms with E-state index in [2.05, 4.69) is 227 Å². The van der Waals surface area contributed by atoms with E-state index in [1.54, 1.807) is 0 Å². The largest absolute Gasteiger partial charge is 0.258 e. The molecule has 4 nitrogen and oxygen atoms in total.